The van der Waals surface area contributed by atoms with E-state index in [0.29, 0.717) is 5.82 Å². The van der Waals surface area contributed by atoms with E-state index < -0.39 is 0 Å². The zero-order valence-electron chi connectivity index (χ0n) is 14.0. The summed E-state index contributed by atoms with van der Waals surface area (Å²) in [6.45, 7) is 6.11. The van der Waals surface area contributed by atoms with Crippen molar-refractivity contribution in [1.82, 2.24) is 24.6 Å². The van der Waals surface area contributed by atoms with Gasteiger partial charge >= 0.3 is 0 Å². The molecule has 0 atom stereocenters. The van der Waals surface area contributed by atoms with Crippen LogP contribution < -0.4 is 4.90 Å². The van der Waals surface area contributed by atoms with Gasteiger partial charge in [-0.2, -0.15) is 0 Å². The zero-order chi connectivity index (χ0) is 16.5. The van der Waals surface area contributed by atoms with Crippen molar-refractivity contribution in [3.05, 3.63) is 47.3 Å². The quantitative estimate of drug-likeness (QED) is 0.742. The Bertz CT molecular complexity index is 866. The number of aromatic nitrogens is 5. The lowest BCUT2D eigenvalue weighted by molar-refractivity contribution is 0.884. The third-order valence-corrected chi connectivity index (χ3v) is 4.32. The number of hydrogen-bond acceptors (Lipinski definition) is 5. The van der Waals surface area contributed by atoms with E-state index in [0.717, 1.165) is 41.6 Å². The number of hydrogen-bond donors (Lipinski definition) is 0. The Balaban J connectivity index is 1.62. The summed E-state index contributed by atoms with van der Waals surface area (Å²) in [4.78, 5) is 15.9. The molecule has 3 aromatic rings. The van der Waals surface area contributed by atoms with Crippen LogP contribution in [0.2, 0.25) is 0 Å². The summed E-state index contributed by atoms with van der Waals surface area (Å²) in [5, 5.41) is 4.53. The molecule has 6 heteroatoms. The van der Waals surface area contributed by atoms with Crippen molar-refractivity contribution in [3.63, 3.8) is 0 Å². The molecular weight excluding hydrogens is 300 g/mol. The number of pyridine rings is 1. The highest BCUT2D eigenvalue weighted by molar-refractivity contribution is 5.66. The van der Waals surface area contributed by atoms with Crippen molar-refractivity contribution in [1.29, 1.82) is 0 Å². The summed E-state index contributed by atoms with van der Waals surface area (Å²) in [6.07, 6.45) is 8.18. The maximum Gasteiger partial charge on any atom is 0.177 e. The largest absolute Gasteiger partial charge is 0.357 e. The predicted octanol–water partition coefficient (Wildman–Crippen LogP) is 2.91. The molecule has 3 aromatic heterocycles. The van der Waals surface area contributed by atoms with Gasteiger partial charge in [0.05, 0.1) is 17.1 Å². The van der Waals surface area contributed by atoms with Crippen LogP contribution in [0.3, 0.4) is 0 Å². The first kappa shape index (κ1) is 14.8. The van der Waals surface area contributed by atoms with E-state index in [-0.39, 0.29) is 0 Å². The van der Waals surface area contributed by atoms with Crippen LogP contribution in [-0.2, 0) is 0 Å². The predicted molar refractivity (Wildman–Crippen MR) is 94.9 cm³/mol. The van der Waals surface area contributed by atoms with E-state index in [2.05, 4.69) is 32.1 Å². The number of aryl methyl sites for hydroxylation is 2. The Morgan fingerprint density at radius 1 is 1.04 bits per heavy atom. The fourth-order valence-corrected chi connectivity index (χ4v) is 3.00. The monoisotopic (exact) mass is 320 g/mol. The molecule has 4 heterocycles. The average molecular weight is 320 g/mol. The van der Waals surface area contributed by atoms with Gasteiger partial charge in [-0.05, 0) is 51.0 Å². The van der Waals surface area contributed by atoms with Crippen molar-refractivity contribution >= 4 is 23.6 Å². The van der Waals surface area contributed by atoms with E-state index in [1.54, 1.807) is 0 Å². The Labute approximate surface area is 140 Å². The minimum absolute atomic E-state index is 0.669. The fourth-order valence-electron chi connectivity index (χ4n) is 3.00. The maximum absolute atomic E-state index is 4.72. The Kier molecular flexibility index (Phi) is 3.72. The number of rotatable bonds is 3. The summed E-state index contributed by atoms with van der Waals surface area (Å²) in [7, 11) is 0. The molecule has 0 radical (unpaired) electrons. The van der Waals surface area contributed by atoms with E-state index in [1.807, 2.05) is 42.8 Å². The molecule has 0 spiro atoms. The van der Waals surface area contributed by atoms with Gasteiger partial charge < -0.3 is 4.90 Å². The van der Waals surface area contributed by atoms with Crippen molar-refractivity contribution in [3.8, 4) is 0 Å². The molecule has 0 N–H and O–H groups in total. The van der Waals surface area contributed by atoms with Crippen molar-refractivity contribution < 1.29 is 0 Å². The molecule has 0 unspecified atom stereocenters. The van der Waals surface area contributed by atoms with Crippen LogP contribution in [0, 0.1) is 13.8 Å². The highest BCUT2D eigenvalue weighted by Crippen LogP contribution is 2.18. The average Bonchev–Trinajstić information content (AvgIpc) is 3.27. The Hall–Kier alpha value is -2.76. The van der Waals surface area contributed by atoms with Crippen LogP contribution in [0.1, 0.15) is 35.7 Å². The molecule has 1 aliphatic heterocycles. The molecule has 0 saturated carbocycles. The van der Waals surface area contributed by atoms with Crippen LogP contribution >= 0.6 is 0 Å². The van der Waals surface area contributed by atoms with Gasteiger partial charge in [-0.3, -0.25) is 4.98 Å². The van der Waals surface area contributed by atoms with Gasteiger partial charge in [0.25, 0.3) is 0 Å². The third-order valence-electron chi connectivity index (χ3n) is 4.32. The summed E-state index contributed by atoms with van der Waals surface area (Å²) in [5.41, 5.74) is 3.57. The fraction of sp³-hybridized carbons (Fsp3) is 0.333. The van der Waals surface area contributed by atoms with Gasteiger partial charge in [0.1, 0.15) is 5.82 Å². The highest BCUT2D eigenvalue weighted by Gasteiger charge is 2.13. The second-order valence-corrected chi connectivity index (χ2v) is 6.14. The van der Waals surface area contributed by atoms with Gasteiger partial charge in [-0.15, -0.1) is 5.10 Å². The van der Waals surface area contributed by atoms with Gasteiger partial charge in [-0.25, -0.2) is 14.5 Å². The first-order chi connectivity index (χ1) is 11.7. The summed E-state index contributed by atoms with van der Waals surface area (Å²) in [5.74, 6) is 1.72. The highest BCUT2D eigenvalue weighted by atomic mass is 15.3. The van der Waals surface area contributed by atoms with E-state index in [4.69, 9.17) is 4.98 Å². The van der Waals surface area contributed by atoms with Gasteiger partial charge in [0.15, 0.2) is 11.5 Å². The van der Waals surface area contributed by atoms with Crippen LogP contribution in [0.25, 0.3) is 17.8 Å². The minimum Gasteiger partial charge on any atom is -0.357 e. The molecule has 0 aliphatic carbocycles. The molecule has 0 amide bonds. The van der Waals surface area contributed by atoms with Gasteiger partial charge in [0.2, 0.25) is 0 Å². The van der Waals surface area contributed by atoms with Gasteiger partial charge in [0, 0.05) is 19.3 Å². The number of anilines is 1. The molecule has 1 saturated heterocycles. The lowest BCUT2D eigenvalue weighted by Crippen LogP contribution is -2.18. The van der Waals surface area contributed by atoms with Crippen LogP contribution in [-0.4, -0.2) is 37.7 Å². The van der Waals surface area contributed by atoms with Crippen molar-refractivity contribution in [2.24, 2.45) is 0 Å². The first-order valence-corrected chi connectivity index (χ1v) is 8.30. The second-order valence-electron chi connectivity index (χ2n) is 6.14. The topological polar surface area (TPSA) is 59.2 Å². The molecule has 0 aromatic carbocycles. The van der Waals surface area contributed by atoms with Gasteiger partial charge in [-0.1, -0.05) is 6.07 Å². The van der Waals surface area contributed by atoms with Crippen LogP contribution in [0.4, 0.5) is 5.82 Å². The Morgan fingerprint density at radius 2 is 1.88 bits per heavy atom. The molecule has 1 aliphatic rings. The molecular formula is C18H20N6. The normalized spacial score (nSPS) is 15.0. The number of fused-ring (bicyclic) bond motifs is 1. The standard InChI is InChI=1S/C18H20N6/c1-13-12-19-14(2)18-21-16(22-24(13)18)9-8-15-6-5-7-17(20-15)23-10-3-4-11-23/h5-9,12H,3-4,10-11H2,1-2H3/b9-8+. The number of nitrogens with zero attached hydrogens (tertiary/aromatic N) is 6. The lowest BCUT2D eigenvalue weighted by atomic mass is 10.3. The first-order valence-electron chi connectivity index (χ1n) is 8.30. The minimum atomic E-state index is 0.669. The van der Waals surface area contributed by atoms with Crippen molar-refractivity contribution in [2.45, 2.75) is 26.7 Å². The van der Waals surface area contributed by atoms with E-state index in [9.17, 15) is 0 Å². The summed E-state index contributed by atoms with van der Waals surface area (Å²) in [6, 6.07) is 6.13. The van der Waals surface area contributed by atoms with Crippen LogP contribution in [0.5, 0.6) is 0 Å². The molecule has 0 bridgehead atoms. The molecule has 122 valence electrons. The van der Waals surface area contributed by atoms with E-state index >= 15 is 0 Å². The summed E-state index contributed by atoms with van der Waals surface area (Å²) >= 11 is 0. The smallest absolute Gasteiger partial charge is 0.177 e. The lowest BCUT2D eigenvalue weighted by Gasteiger charge is -2.16. The summed E-state index contributed by atoms with van der Waals surface area (Å²) < 4.78 is 1.83. The SMILES string of the molecule is Cc1ncc(C)n2nc(/C=C/c3cccc(N4CCCC4)n3)nc12. The third kappa shape index (κ3) is 2.75. The van der Waals surface area contributed by atoms with Crippen molar-refractivity contribution in [2.75, 3.05) is 18.0 Å². The molecule has 1 fully saturated rings. The van der Waals surface area contributed by atoms with Crippen LogP contribution in [0.15, 0.2) is 24.4 Å². The second kappa shape index (κ2) is 6.03. The molecule has 6 nitrogen and oxygen atoms in total. The maximum atomic E-state index is 4.72. The molecule has 4 rings (SSSR count). The zero-order valence-corrected chi connectivity index (χ0v) is 14.0. The van der Waals surface area contributed by atoms with E-state index in [1.165, 1.54) is 12.8 Å². The molecule has 24 heavy (non-hydrogen) atoms. The Morgan fingerprint density at radius 3 is 2.67 bits per heavy atom.